The third-order valence-electron chi connectivity index (χ3n) is 3.58. The van der Waals surface area contributed by atoms with Crippen molar-refractivity contribution in [2.24, 2.45) is 4.99 Å². The van der Waals surface area contributed by atoms with E-state index in [1.165, 1.54) is 32.7 Å². The molecular formula is C16H14N2O5S2. The molecule has 9 heteroatoms. The number of nitrogens with one attached hydrogen (secondary N) is 1. The fraction of sp³-hybridized carbons (Fsp3) is 0.188. The number of benzene rings is 1. The zero-order valence-electron chi connectivity index (χ0n) is 13.6. The van der Waals surface area contributed by atoms with Crippen molar-refractivity contribution in [1.29, 1.82) is 0 Å². The number of nitrogens with zero attached hydrogens (tertiary/aromatic N) is 1. The van der Waals surface area contributed by atoms with E-state index < -0.39 is 5.97 Å². The molecular weight excluding hydrogens is 364 g/mol. The molecule has 0 atom stereocenters. The minimum absolute atomic E-state index is 0.0763. The summed E-state index contributed by atoms with van der Waals surface area (Å²) in [7, 11) is 4.32. The van der Waals surface area contributed by atoms with Gasteiger partial charge in [0.05, 0.1) is 37.5 Å². The standard InChI is InChI=1S/C16H14N2O5S2/c1-21-7-4-9-12(10(5-7)22-2)8(13(17-9)15(20)23-3)6-11-14(19)18-16(24)25-11/h4-6,19H,1-3H3,(H,18,24)/b8-6-. The van der Waals surface area contributed by atoms with Crippen molar-refractivity contribution in [3.05, 3.63) is 26.5 Å². The van der Waals surface area contributed by atoms with Crippen molar-refractivity contribution in [3.8, 4) is 17.4 Å². The number of esters is 1. The number of aromatic hydroxyl groups is 1. The van der Waals surface area contributed by atoms with Crippen LogP contribution in [0.3, 0.4) is 0 Å². The number of thiazole rings is 1. The van der Waals surface area contributed by atoms with Crippen LogP contribution >= 0.6 is 23.6 Å². The van der Waals surface area contributed by atoms with Crippen LogP contribution in [0.25, 0.3) is 11.6 Å². The number of carbonyl (C=O) groups excluding carboxylic acids is 1. The van der Waals surface area contributed by atoms with Crippen LogP contribution in [0, 0.1) is 3.95 Å². The molecule has 0 fully saturated rings. The van der Waals surface area contributed by atoms with E-state index in [4.69, 9.17) is 26.4 Å². The lowest BCUT2D eigenvalue weighted by atomic mass is 10.0. The Balaban J connectivity index is 2.26. The number of aromatic nitrogens is 1. The number of fused-ring (bicyclic) bond motifs is 1. The number of hydrogen-bond acceptors (Lipinski definition) is 8. The summed E-state index contributed by atoms with van der Waals surface area (Å²) in [6, 6.07) is 3.39. The third kappa shape index (κ3) is 3.03. The molecule has 0 spiro atoms. The molecule has 0 bridgehead atoms. The highest BCUT2D eigenvalue weighted by Crippen LogP contribution is 2.45. The number of aliphatic imine (C=N–C) groups is 1. The van der Waals surface area contributed by atoms with Crippen molar-refractivity contribution in [2.75, 3.05) is 21.3 Å². The quantitative estimate of drug-likeness (QED) is 0.626. The van der Waals surface area contributed by atoms with Crippen molar-refractivity contribution in [3.63, 3.8) is 0 Å². The van der Waals surface area contributed by atoms with Gasteiger partial charge < -0.3 is 24.3 Å². The SMILES string of the molecule is COC(=O)C1=Nc2cc(OC)cc(OC)c2/C1=C/c1sc(=S)[nH]c1O. The summed E-state index contributed by atoms with van der Waals surface area (Å²) in [5.41, 5.74) is 1.72. The summed E-state index contributed by atoms with van der Waals surface area (Å²) in [6.45, 7) is 0. The van der Waals surface area contributed by atoms with Crippen molar-refractivity contribution >= 4 is 52.6 Å². The summed E-state index contributed by atoms with van der Waals surface area (Å²) in [6.07, 6.45) is 1.63. The van der Waals surface area contributed by atoms with Gasteiger partial charge in [0.25, 0.3) is 0 Å². The fourth-order valence-electron chi connectivity index (χ4n) is 2.47. The average molecular weight is 378 g/mol. The number of aromatic amines is 1. The van der Waals surface area contributed by atoms with Gasteiger partial charge in [0.15, 0.2) is 9.67 Å². The second-order valence-corrected chi connectivity index (χ2v) is 6.68. The molecule has 25 heavy (non-hydrogen) atoms. The summed E-state index contributed by atoms with van der Waals surface area (Å²) >= 11 is 6.21. The minimum atomic E-state index is -0.595. The maximum atomic E-state index is 12.2. The maximum absolute atomic E-state index is 12.2. The number of methoxy groups -OCH3 is 3. The molecule has 130 valence electrons. The fourth-order valence-corrected chi connectivity index (χ4v) is 3.50. The molecule has 1 aliphatic heterocycles. The van der Waals surface area contributed by atoms with E-state index in [1.54, 1.807) is 18.2 Å². The second-order valence-electron chi connectivity index (χ2n) is 4.96. The van der Waals surface area contributed by atoms with Crippen LogP contribution in [0.1, 0.15) is 10.4 Å². The van der Waals surface area contributed by atoms with E-state index >= 15 is 0 Å². The molecule has 0 amide bonds. The lowest BCUT2D eigenvalue weighted by Crippen LogP contribution is -2.14. The molecule has 0 saturated carbocycles. The Hall–Kier alpha value is -2.65. The number of rotatable bonds is 4. The van der Waals surface area contributed by atoms with Gasteiger partial charge in [0.1, 0.15) is 11.5 Å². The van der Waals surface area contributed by atoms with Gasteiger partial charge in [-0.25, -0.2) is 9.79 Å². The lowest BCUT2D eigenvalue weighted by Gasteiger charge is -2.11. The normalized spacial score (nSPS) is 14.2. The van der Waals surface area contributed by atoms with E-state index in [0.29, 0.717) is 37.2 Å². The van der Waals surface area contributed by atoms with Gasteiger partial charge >= 0.3 is 5.97 Å². The van der Waals surface area contributed by atoms with Crippen LogP contribution < -0.4 is 9.47 Å². The largest absolute Gasteiger partial charge is 0.497 e. The Morgan fingerprint density at radius 2 is 2.08 bits per heavy atom. The van der Waals surface area contributed by atoms with Gasteiger partial charge in [0.2, 0.25) is 5.88 Å². The Kier molecular flexibility index (Phi) is 4.60. The number of H-pyrrole nitrogens is 1. The zero-order valence-corrected chi connectivity index (χ0v) is 15.2. The highest BCUT2D eigenvalue weighted by molar-refractivity contribution is 7.73. The highest BCUT2D eigenvalue weighted by atomic mass is 32.1. The van der Waals surface area contributed by atoms with Gasteiger partial charge in [-0.3, -0.25) is 0 Å². The Morgan fingerprint density at radius 1 is 1.32 bits per heavy atom. The van der Waals surface area contributed by atoms with Crippen LogP contribution in [0.15, 0.2) is 17.1 Å². The van der Waals surface area contributed by atoms with Crippen LogP contribution in [-0.4, -0.2) is 43.1 Å². The first kappa shape index (κ1) is 17.2. The summed E-state index contributed by atoms with van der Waals surface area (Å²) in [5.74, 6) is 0.363. The molecule has 0 aliphatic carbocycles. The molecule has 0 radical (unpaired) electrons. The maximum Gasteiger partial charge on any atom is 0.357 e. The first-order valence-electron chi connectivity index (χ1n) is 7.06. The smallest absolute Gasteiger partial charge is 0.357 e. The molecule has 7 nitrogen and oxygen atoms in total. The van der Waals surface area contributed by atoms with Crippen LogP contribution in [0.2, 0.25) is 0 Å². The van der Waals surface area contributed by atoms with E-state index in [2.05, 4.69) is 9.98 Å². The highest BCUT2D eigenvalue weighted by Gasteiger charge is 2.31. The minimum Gasteiger partial charge on any atom is -0.497 e. The Labute approximate surface area is 152 Å². The lowest BCUT2D eigenvalue weighted by molar-refractivity contribution is -0.132. The van der Waals surface area contributed by atoms with E-state index in [0.717, 1.165) is 0 Å². The molecule has 2 heterocycles. The van der Waals surface area contributed by atoms with Gasteiger partial charge in [0, 0.05) is 17.7 Å². The van der Waals surface area contributed by atoms with Gasteiger partial charge in [-0.05, 0) is 18.3 Å². The predicted molar refractivity (Wildman–Crippen MR) is 97.7 cm³/mol. The summed E-state index contributed by atoms with van der Waals surface area (Å²) < 4.78 is 15.9. The van der Waals surface area contributed by atoms with Crippen LogP contribution in [-0.2, 0) is 9.53 Å². The van der Waals surface area contributed by atoms with Crippen molar-refractivity contribution in [1.82, 2.24) is 4.98 Å². The van der Waals surface area contributed by atoms with Crippen LogP contribution in [0.4, 0.5) is 5.69 Å². The molecule has 2 aromatic rings. The number of carbonyl (C=O) groups is 1. The molecule has 1 aromatic heterocycles. The number of hydrogen-bond donors (Lipinski definition) is 2. The molecule has 0 saturated heterocycles. The molecule has 1 aliphatic rings. The van der Waals surface area contributed by atoms with E-state index in [9.17, 15) is 9.90 Å². The first-order valence-corrected chi connectivity index (χ1v) is 8.28. The van der Waals surface area contributed by atoms with Crippen molar-refractivity contribution in [2.45, 2.75) is 0 Å². The Bertz CT molecular complexity index is 971. The number of ether oxygens (including phenoxy) is 3. The average Bonchev–Trinajstić information content (AvgIpc) is 3.13. The first-order chi connectivity index (χ1) is 12.0. The van der Waals surface area contributed by atoms with E-state index in [1.807, 2.05) is 0 Å². The molecule has 1 aromatic carbocycles. The van der Waals surface area contributed by atoms with Gasteiger partial charge in [-0.2, -0.15) is 0 Å². The molecule has 0 unspecified atom stereocenters. The van der Waals surface area contributed by atoms with Gasteiger partial charge in [-0.15, -0.1) is 11.3 Å². The monoisotopic (exact) mass is 378 g/mol. The molecule has 2 N–H and O–H groups in total. The van der Waals surface area contributed by atoms with Gasteiger partial charge in [-0.1, -0.05) is 0 Å². The zero-order chi connectivity index (χ0) is 18.1. The topological polar surface area (TPSA) is 93.1 Å². The second kappa shape index (κ2) is 6.69. The Morgan fingerprint density at radius 3 is 2.64 bits per heavy atom. The van der Waals surface area contributed by atoms with E-state index in [-0.39, 0.29) is 11.6 Å². The summed E-state index contributed by atoms with van der Waals surface area (Å²) in [4.78, 5) is 19.7. The predicted octanol–water partition coefficient (Wildman–Crippen LogP) is 3.33. The van der Waals surface area contributed by atoms with Crippen molar-refractivity contribution < 1.29 is 24.1 Å². The van der Waals surface area contributed by atoms with Crippen LogP contribution in [0.5, 0.6) is 17.4 Å². The third-order valence-corrected chi connectivity index (χ3v) is 4.75. The summed E-state index contributed by atoms with van der Waals surface area (Å²) in [5, 5.41) is 9.97. The molecule has 3 rings (SSSR count).